The minimum atomic E-state index is -0.310. The monoisotopic (exact) mass is 499 g/mol. The van der Waals surface area contributed by atoms with E-state index in [9.17, 15) is 9.59 Å². The number of benzene rings is 2. The predicted molar refractivity (Wildman–Crippen MR) is 139 cm³/mol. The van der Waals surface area contributed by atoms with Gasteiger partial charge in [-0.3, -0.25) is 14.2 Å². The number of fused-ring (bicyclic) bond motifs is 2. The smallest absolute Gasteiger partial charge is 0.267 e. The molecule has 36 heavy (non-hydrogen) atoms. The van der Waals surface area contributed by atoms with Crippen molar-refractivity contribution in [2.24, 2.45) is 0 Å². The van der Waals surface area contributed by atoms with Crippen molar-refractivity contribution in [2.75, 3.05) is 11.4 Å². The maximum Gasteiger partial charge on any atom is 0.267 e. The first-order chi connectivity index (χ1) is 17.4. The maximum absolute atomic E-state index is 13.9. The van der Waals surface area contributed by atoms with Crippen LogP contribution in [0.4, 0.5) is 5.82 Å². The van der Waals surface area contributed by atoms with Crippen molar-refractivity contribution in [3.05, 3.63) is 91.7 Å². The highest BCUT2D eigenvalue weighted by Crippen LogP contribution is 2.37. The van der Waals surface area contributed by atoms with E-state index in [1.54, 1.807) is 29.7 Å². The van der Waals surface area contributed by atoms with Crippen LogP contribution in [0.25, 0.3) is 27.6 Å². The van der Waals surface area contributed by atoms with E-state index in [1.165, 1.54) is 6.33 Å². The molecule has 180 valence electrons. The number of aromatic nitrogens is 6. The zero-order valence-electron chi connectivity index (χ0n) is 19.7. The summed E-state index contributed by atoms with van der Waals surface area (Å²) in [4.78, 5) is 49.7. The minimum absolute atomic E-state index is 0.235. The Morgan fingerprint density at radius 2 is 1.86 bits per heavy atom. The van der Waals surface area contributed by atoms with Gasteiger partial charge in [-0.15, -0.1) is 0 Å². The fourth-order valence-corrected chi connectivity index (χ4v) is 5.26. The number of hydrogen-bond acceptors (Lipinski definition) is 7. The number of nitrogens with zero attached hydrogens (tertiary/aromatic N) is 6. The van der Waals surface area contributed by atoms with Gasteiger partial charge in [-0.25, -0.2) is 19.9 Å². The molecule has 2 aromatic carbocycles. The molecule has 0 amide bonds. The molecule has 5 aromatic rings. The molecule has 1 aliphatic rings. The molecule has 9 nitrogen and oxygen atoms in total. The Bertz CT molecular complexity index is 1780. The molecule has 0 saturated carbocycles. The summed E-state index contributed by atoms with van der Waals surface area (Å²) >= 11 is 6.46. The van der Waals surface area contributed by atoms with E-state index in [2.05, 4.69) is 19.9 Å². The second kappa shape index (κ2) is 8.53. The fourth-order valence-electron chi connectivity index (χ4n) is 5.01. The zero-order valence-corrected chi connectivity index (χ0v) is 20.5. The Labute approximate surface area is 210 Å². The Morgan fingerprint density at radius 1 is 1.03 bits per heavy atom. The molecule has 3 aromatic heterocycles. The normalized spacial score (nSPS) is 15.8. The molecule has 1 atom stereocenters. The summed E-state index contributed by atoms with van der Waals surface area (Å²) in [6.45, 7) is 4.39. The van der Waals surface area contributed by atoms with Crippen molar-refractivity contribution in [1.29, 1.82) is 0 Å². The molecule has 1 aliphatic heterocycles. The van der Waals surface area contributed by atoms with Gasteiger partial charge in [0.1, 0.15) is 22.9 Å². The Balaban J connectivity index is 1.64. The van der Waals surface area contributed by atoms with Crippen LogP contribution < -0.4 is 16.0 Å². The van der Waals surface area contributed by atoms with E-state index in [0.717, 1.165) is 18.4 Å². The topological polar surface area (TPSA) is 110 Å². The van der Waals surface area contributed by atoms with Gasteiger partial charge in [0.05, 0.1) is 34.0 Å². The SMILES string of the molecule is Cc1cccc(-n2c([C@@H]3CCCN3c3nc(C)nc4nc[nH]c(=O)c34)nc3cccc(Cl)c3c2=O)c1. The molecule has 1 saturated heterocycles. The van der Waals surface area contributed by atoms with Crippen LogP contribution in [0.2, 0.25) is 5.02 Å². The van der Waals surface area contributed by atoms with Crippen molar-refractivity contribution in [1.82, 2.24) is 29.5 Å². The van der Waals surface area contributed by atoms with Crippen LogP contribution in [0.1, 0.15) is 36.1 Å². The number of H-pyrrole nitrogens is 1. The molecular weight excluding hydrogens is 478 g/mol. The molecule has 4 heterocycles. The van der Waals surface area contributed by atoms with Crippen LogP contribution in [-0.2, 0) is 0 Å². The second-order valence-electron chi connectivity index (χ2n) is 8.96. The number of aryl methyl sites for hydroxylation is 2. The third-order valence-electron chi connectivity index (χ3n) is 6.55. The lowest BCUT2D eigenvalue weighted by atomic mass is 10.1. The van der Waals surface area contributed by atoms with Gasteiger partial charge in [0.25, 0.3) is 11.1 Å². The van der Waals surface area contributed by atoms with E-state index < -0.39 is 0 Å². The summed E-state index contributed by atoms with van der Waals surface area (Å²) in [5.41, 5.74) is 2.04. The lowest BCUT2D eigenvalue weighted by Gasteiger charge is -2.28. The standard InChI is InChI=1S/C26H22ClN7O2/c1-14-6-3-7-16(12-14)34-23(32-18-9-4-8-17(27)20(18)26(34)36)19-10-5-11-33(19)24-21-22(30-15(2)31-24)28-13-29-25(21)35/h3-4,6-9,12-13,19H,5,10-11H2,1-2H3,(H,28,29,30,31,35)/t19-/m0/s1. The van der Waals surface area contributed by atoms with Crippen molar-refractivity contribution in [3.63, 3.8) is 0 Å². The summed E-state index contributed by atoms with van der Waals surface area (Å²) < 4.78 is 1.64. The van der Waals surface area contributed by atoms with E-state index in [1.807, 2.05) is 36.1 Å². The largest absolute Gasteiger partial charge is 0.346 e. The predicted octanol–water partition coefficient (Wildman–Crippen LogP) is 4.02. The van der Waals surface area contributed by atoms with Gasteiger partial charge in [-0.2, -0.15) is 0 Å². The molecular formula is C26H22ClN7O2. The van der Waals surface area contributed by atoms with Gasteiger partial charge in [-0.1, -0.05) is 29.8 Å². The lowest BCUT2D eigenvalue weighted by Crippen LogP contribution is -2.33. The van der Waals surface area contributed by atoms with E-state index in [-0.39, 0.29) is 17.2 Å². The average Bonchev–Trinajstić information content (AvgIpc) is 3.33. The maximum atomic E-state index is 13.9. The highest BCUT2D eigenvalue weighted by Gasteiger charge is 2.34. The minimum Gasteiger partial charge on any atom is -0.346 e. The molecule has 1 N–H and O–H groups in total. The number of nitrogens with one attached hydrogen (secondary N) is 1. The number of aromatic amines is 1. The van der Waals surface area contributed by atoms with Crippen LogP contribution in [0.3, 0.4) is 0 Å². The molecule has 0 bridgehead atoms. The number of halogens is 1. The highest BCUT2D eigenvalue weighted by molar-refractivity contribution is 6.35. The third-order valence-corrected chi connectivity index (χ3v) is 6.86. The van der Waals surface area contributed by atoms with E-state index >= 15 is 0 Å². The van der Waals surface area contributed by atoms with Crippen LogP contribution >= 0.6 is 11.6 Å². The summed E-state index contributed by atoms with van der Waals surface area (Å²) in [5.74, 6) is 1.57. The van der Waals surface area contributed by atoms with Crippen LogP contribution in [0.5, 0.6) is 0 Å². The number of rotatable bonds is 3. The molecule has 10 heteroatoms. The van der Waals surface area contributed by atoms with Gasteiger partial charge < -0.3 is 9.88 Å². The quantitative estimate of drug-likeness (QED) is 0.399. The summed E-state index contributed by atoms with van der Waals surface area (Å²) in [5, 5.41) is 1.05. The molecule has 6 rings (SSSR count). The summed E-state index contributed by atoms with van der Waals surface area (Å²) in [7, 11) is 0. The van der Waals surface area contributed by atoms with Crippen molar-refractivity contribution in [3.8, 4) is 5.69 Å². The first-order valence-electron chi connectivity index (χ1n) is 11.7. The average molecular weight is 500 g/mol. The van der Waals surface area contributed by atoms with Crippen LogP contribution in [0, 0.1) is 13.8 Å². The van der Waals surface area contributed by atoms with Gasteiger partial charge in [-0.05, 0) is 56.5 Å². The van der Waals surface area contributed by atoms with Gasteiger partial charge in [0.15, 0.2) is 5.65 Å². The summed E-state index contributed by atoms with van der Waals surface area (Å²) in [6, 6.07) is 12.7. The van der Waals surface area contributed by atoms with Crippen molar-refractivity contribution < 1.29 is 0 Å². The summed E-state index contributed by atoms with van der Waals surface area (Å²) in [6.07, 6.45) is 2.91. The molecule has 1 fully saturated rings. The Morgan fingerprint density at radius 3 is 2.69 bits per heavy atom. The van der Waals surface area contributed by atoms with Crippen LogP contribution in [-0.4, -0.2) is 36.0 Å². The third kappa shape index (κ3) is 3.54. The number of anilines is 1. The lowest BCUT2D eigenvalue weighted by molar-refractivity contribution is 0.633. The van der Waals surface area contributed by atoms with Gasteiger partial charge in [0, 0.05) is 6.54 Å². The van der Waals surface area contributed by atoms with Gasteiger partial charge >= 0.3 is 0 Å². The number of hydrogen-bond donors (Lipinski definition) is 1. The first kappa shape index (κ1) is 22.4. The fraction of sp³-hybridized carbons (Fsp3) is 0.231. The zero-order chi connectivity index (χ0) is 25.0. The second-order valence-corrected chi connectivity index (χ2v) is 9.37. The van der Waals surface area contributed by atoms with E-state index in [0.29, 0.717) is 56.7 Å². The molecule has 0 spiro atoms. The Kier molecular flexibility index (Phi) is 5.30. The van der Waals surface area contributed by atoms with Gasteiger partial charge in [0.2, 0.25) is 0 Å². The van der Waals surface area contributed by atoms with Crippen molar-refractivity contribution >= 4 is 39.4 Å². The first-order valence-corrected chi connectivity index (χ1v) is 12.1. The Hall–Kier alpha value is -4.11. The van der Waals surface area contributed by atoms with Crippen molar-refractivity contribution in [2.45, 2.75) is 32.7 Å². The van der Waals surface area contributed by atoms with E-state index in [4.69, 9.17) is 16.6 Å². The molecule has 0 radical (unpaired) electrons. The van der Waals surface area contributed by atoms with Crippen LogP contribution in [0.15, 0.2) is 58.4 Å². The molecule has 0 unspecified atom stereocenters. The molecule has 0 aliphatic carbocycles. The highest BCUT2D eigenvalue weighted by atomic mass is 35.5.